The summed E-state index contributed by atoms with van der Waals surface area (Å²) in [5.74, 6) is 0.522. The summed E-state index contributed by atoms with van der Waals surface area (Å²) in [6.45, 7) is 6.34. The van der Waals surface area contributed by atoms with Crippen LogP contribution in [0.3, 0.4) is 0 Å². The Hall–Kier alpha value is -1.49. The first-order chi connectivity index (χ1) is 7.17. The molecule has 0 aliphatic carbocycles. The lowest BCUT2D eigenvalue weighted by molar-refractivity contribution is 0.839. The fraction of sp³-hybridized carbons (Fsp3) is 0.462. The molecule has 1 aromatic carbocycles. The molecule has 0 aromatic heterocycles. The zero-order chi connectivity index (χ0) is 11.3. The highest BCUT2D eigenvalue weighted by Gasteiger charge is 2.05. The third kappa shape index (κ3) is 3.28. The van der Waals surface area contributed by atoms with Crippen LogP contribution in [0.5, 0.6) is 0 Å². The molecule has 15 heavy (non-hydrogen) atoms. The highest BCUT2D eigenvalue weighted by molar-refractivity contribution is 5.48. The summed E-state index contributed by atoms with van der Waals surface area (Å²) in [7, 11) is 0. The number of nitrogens with one attached hydrogen (secondary N) is 1. The minimum absolute atomic E-state index is 0.0904. The van der Waals surface area contributed by atoms with E-state index in [1.165, 1.54) is 5.56 Å². The van der Waals surface area contributed by atoms with Gasteiger partial charge in [0.1, 0.15) is 6.04 Å². The van der Waals surface area contributed by atoms with Crippen molar-refractivity contribution in [3.8, 4) is 6.07 Å². The summed E-state index contributed by atoms with van der Waals surface area (Å²) >= 11 is 0. The molecular formula is C13H18N2. The van der Waals surface area contributed by atoms with Gasteiger partial charge in [-0.1, -0.05) is 32.9 Å². The van der Waals surface area contributed by atoms with Gasteiger partial charge in [-0.15, -0.1) is 0 Å². The van der Waals surface area contributed by atoms with Gasteiger partial charge < -0.3 is 5.32 Å². The van der Waals surface area contributed by atoms with E-state index in [0.29, 0.717) is 5.92 Å². The lowest BCUT2D eigenvalue weighted by Crippen LogP contribution is -2.15. The molecule has 0 spiro atoms. The average Bonchev–Trinajstić information content (AvgIpc) is 2.26. The van der Waals surface area contributed by atoms with Crippen molar-refractivity contribution >= 4 is 5.69 Å². The van der Waals surface area contributed by atoms with E-state index in [-0.39, 0.29) is 6.04 Å². The third-order valence-corrected chi connectivity index (χ3v) is 2.46. The van der Waals surface area contributed by atoms with Gasteiger partial charge in [-0.05, 0) is 30.0 Å². The van der Waals surface area contributed by atoms with E-state index in [1.807, 2.05) is 19.1 Å². The lowest BCUT2D eigenvalue weighted by Gasteiger charge is -2.13. The van der Waals surface area contributed by atoms with Crippen molar-refractivity contribution < 1.29 is 0 Å². The maximum absolute atomic E-state index is 8.85. The molecule has 0 bridgehead atoms. The smallest absolute Gasteiger partial charge is 0.114 e. The van der Waals surface area contributed by atoms with Crippen molar-refractivity contribution in [2.24, 2.45) is 0 Å². The number of rotatable bonds is 4. The van der Waals surface area contributed by atoms with Gasteiger partial charge in [-0.25, -0.2) is 0 Å². The Morgan fingerprint density at radius 1 is 1.40 bits per heavy atom. The van der Waals surface area contributed by atoms with Crippen molar-refractivity contribution in [2.45, 2.75) is 39.2 Å². The molecule has 1 rings (SSSR count). The molecule has 0 radical (unpaired) electrons. The number of anilines is 1. The molecule has 0 fully saturated rings. The Bertz CT molecular complexity index is 350. The van der Waals surface area contributed by atoms with E-state index in [1.54, 1.807) is 0 Å². The van der Waals surface area contributed by atoms with Crippen molar-refractivity contribution in [3.05, 3.63) is 29.8 Å². The van der Waals surface area contributed by atoms with Crippen LogP contribution in [0.25, 0.3) is 0 Å². The predicted octanol–water partition coefficient (Wildman–Crippen LogP) is 3.52. The van der Waals surface area contributed by atoms with Gasteiger partial charge in [-0.2, -0.15) is 5.26 Å². The van der Waals surface area contributed by atoms with Crippen LogP contribution in [0.2, 0.25) is 0 Å². The predicted molar refractivity (Wildman–Crippen MR) is 63.8 cm³/mol. The van der Waals surface area contributed by atoms with Gasteiger partial charge in [0.05, 0.1) is 6.07 Å². The summed E-state index contributed by atoms with van der Waals surface area (Å²) in [6.07, 6.45) is 0.822. The second-order valence-electron chi connectivity index (χ2n) is 4.01. The van der Waals surface area contributed by atoms with Gasteiger partial charge in [-0.3, -0.25) is 0 Å². The summed E-state index contributed by atoms with van der Waals surface area (Å²) < 4.78 is 0. The molecular weight excluding hydrogens is 184 g/mol. The second kappa shape index (κ2) is 5.41. The Morgan fingerprint density at radius 3 is 2.67 bits per heavy atom. The molecule has 1 N–H and O–H groups in total. The van der Waals surface area contributed by atoms with Gasteiger partial charge in [0.25, 0.3) is 0 Å². The van der Waals surface area contributed by atoms with Crippen molar-refractivity contribution in [3.63, 3.8) is 0 Å². The first kappa shape index (κ1) is 11.6. The first-order valence-electron chi connectivity index (χ1n) is 5.43. The molecule has 1 aromatic rings. The van der Waals surface area contributed by atoms with Crippen LogP contribution in [-0.4, -0.2) is 6.04 Å². The van der Waals surface area contributed by atoms with E-state index >= 15 is 0 Å². The molecule has 0 saturated heterocycles. The van der Waals surface area contributed by atoms with Crippen LogP contribution >= 0.6 is 0 Å². The maximum atomic E-state index is 8.85. The fourth-order valence-electron chi connectivity index (χ4n) is 1.41. The molecule has 0 saturated carbocycles. The van der Waals surface area contributed by atoms with Crippen LogP contribution in [0.4, 0.5) is 5.69 Å². The first-order valence-corrected chi connectivity index (χ1v) is 5.43. The van der Waals surface area contributed by atoms with Gasteiger partial charge in [0, 0.05) is 5.69 Å². The van der Waals surface area contributed by atoms with E-state index in [0.717, 1.165) is 12.1 Å². The number of nitrogens with zero attached hydrogens (tertiary/aromatic N) is 1. The molecule has 2 nitrogen and oxygen atoms in total. The van der Waals surface area contributed by atoms with Crippen molar-refractivity contribution in [2.75, 3.05) is 5.32 Å². The largest absolute Gasteiger partial charge is 0.370 e. The van der Waals surface area contributed by atoms with E-state index in [9.17, 15) is 0 Å². The fourth-order valence-corrected chi connectivity index (χ4v) is 1.41. The van der Waals surface area contributed by atoms with E-state index in [2.05, 4.69) is 37.4 Å². The number of hydrogen-bond acceptors (Lipinski definition) is 2. The van der Waals surface area contributed by atoms with Crippen LogP contribution in [-0.2, 0) is 0 Å². The summed E-state index contributed by atoms with van der Waals surface area (Å²) in [5, 5.41) is 12.1. The number of nitriles is 1. The molecule has 80 valence electrons. The number of hydrogen-bond donors (Lipinski definition) is 1. The summed E-state index contributed by atoms with van der Waals surface area (Å²) in [5.41, 5.74) is 2.34. The van der Waals surface area contributed by atoms with Crippen LogP contribution in [0, 0.1) is 11.3 Å². The normalized spacial score (nSPS) is 12.2. The van der Waals surface area contributed by atoms with E-state index < -0.39 is 0 Å². The van der Waals surface area contributed by atoms with Gasteiger partial charge in [0.2, 0.25) is 0 Å². The Morgan fingerprint density at radius 2 is 2.13 bits per heavy atom. The quantitative estimate of drug-likeness (QED) is 0.810. The SMILES string of the molecule is CCC(C#N)Nc1cccc(C(C)C)c1. The standard InChI is InChI=1S/C13H18N2/c1-4-12(9-14)15-13-7-5-6-11(8-13)10(2)3/h5-8,10,12,15H,4H2,1-3H3. The Kier molecular flexibility index (Phi) is 4.17. The third-order valence-electron chi connectivity index (χ3n) is 2.46. The molecule has 2 heteroatoms. The lowest BCUT2D eigenvalue weighted by atomic mass is 10.0. The Balaban J connectivity index is 2.78. The van der Waals surface area contributed by atoms with Gasteiger partial charge in [0.15, 0.2) is 0 Å². The zero-order valence-corrected chi connectivity index (χ0v) is 9.62. The van der Waals surface area contributed by atoms with Crippen LogP contribution in [0.15, 0.2) is 24.3 Å². The Labute approximate surface area is 91.9 Å². The minimum Gasteiger partial charge on any atom is -0.370 e. The second-order valence-corrected chi connectivity index (χ2v) is 4.01. The zero-order valence-electron chi connectivity index (χ0n) is 9.62. The van der Waals surface area contributed by atoms with Crippen LogP contribution < -0.4 is 5.32 Å². The van der Waals surface area contributed by atoms with E-state index in [4.69, 9.17) is 5.26 Å². The van der Waals surface area contributed by atoms with Crippen molar-refractivity contribution in [1.29, 1.82) is 5.26 Å². The molecule has 0 amide bonds. The number of benzene rings is 1. The minimum atomic E-state index is -0.0904. The molecule has 1 atom stereocenters. The van der Waals surface area contributed by atoms with Gasteiger partial charge >= 0.3 is 0 Å². The maximum Gasteiger partial charge on any atom is 0.114 e. The average molecular weight is 202 g/mol. The monoisotopic (exact) mass is 202 g/mol. The molecule has 0 heterocycles. The van der Waals surface area contributed by atoms with Crippen molar-refractivity contribution in [1.82, 2.24) is 0 Å². The topological polar surface area (TPSA) is 35.8 Å². The highest BCUT2D eigenvalue weighted by atomic mass is 14.9. The molecule has 0 aliphatic rings. The summed E-state index contributed by atoms with van der Waals surface area (Å²) in [4.78, 5) is 0. The van der Waals surface area contributed by atoms with Crippen LogP contribution in [0.1, 0.15) is 38.7 Å². The summed E-state index contributed by atoms with van der Waals surface area (Å²) in [6, 6.07) is 10.4. The highest BCUT2D eigenvalue weighted by Crippen LogP contribution is 2.19. The molecule has 0 aliphatic heterocycles. The molecule has 1 unspecified atom stereocenters.